The molecule has 28 heavy (non-hydrogen) atoms. The maximum atomic E-state index is 10.8. The summed E-state index contributed by atoms with van der Waals surface area (Å²) in [6.07, 6.45) is 3.48. The molecule has 0 saturated carbocycles. The van der Waals surface area contributed by atoms with E-state index in [0.717, 1.165) is 36.8 Å². The average molecular weight is 395 g/mol. The second kappa shape index (κ2) is 9.04. The molecule has 2 N–H and O–H groups in total. The van der Waals surface area contributed by atoms with E-state index in [9.17, 15) is 5.11 Å². The Morgan fingerprint density at radius 3 is 2.14 bits per heavy atom. The fraction of sp³-hybridized carbons (Fsp3) is 0.360. The van der Waals surface area contributed by atoms with Crippen LogP contribution in [0.3, 0.4) is 0 Å². The molecular formula is C25H30O2S. The summed E-state index contributed by atoms with van der Waals surface area (Å²) < 4.78 is 0. The predicted octanol–water partition coefficient (Wildman–Crippen LogP) is 6.01. The first-order valence-corrected chi connectivity index (χ1v) is 10.9. The van der Waals surface area contributed by atoms with Crippen LogP contribution in [-0.4, -0.2) is 10.2 Å². The lowest BCUT2D eigenvalue weighted by Crippen LogP contribution is -2.23. The first kappa shape index (κ1) is 20.8. The summed E-state index contributed by atoms with van der Waals surface area (Å²) >= 11 is 1.85. The van der Waals surface area contributed by atoms with Crippen LogP contribution in [0, 0.1) is 6.92 Å². The van der Waals surface area contributed by atoms with Crippen molar-refractivity contribution < 1.29 is 10.2 Å². The first-order valence-electron chi connectivity index (χ1n) is 10.1. The Morgan fingerprint density at radius 2 is 1.54 bits per heavy atom. The van der Waals surface area contributed by atoms with Gasteiger partial charge in [-0.15, -0.1) is 11.3 Å². The van der Waals surface area contributed by atoms with Crippen molar-refractivity contribution in [1.82, 2.24) is 0 Å². The lowest BCUT2D eigenvalue weighted by molar-refractivity contribution is 0.0283. The Bertz CT molecular complexity index is 905. The van der Waals surface area contributed by atoms with Crippen LogP contribution in [0.25, 0.3) is 10.4 Å². The van der Waals surface area contributed by atoms with Crippen LogP contribution in [-0.2, 0) is 25.0 Å². The molecule has 2 aromatic carbocycles. The molecule has 0 unspecified atom stereocenters. The maximum Gasteiger partial charge on any atom is 0.0891 e. The summed E-state index contributed by atoms with van der Waals surface area (Å²) in [6, 6.07) is 19.0. The number of rotatable bonds is 8. The van der Waals surface area contributed by atoms with Gasteiger partial charge in [0, 0.05) is 9.75 Å². The molecule has 0 amide bonds. The van der Waals surface area contributed by atoms with Gasteiger partial charge >= 0.3 is 0 Å². The van der Waals surface area contributed by atoms with Crippen molar-refractivity contribution in [3.63, 3.8) is 0 Å². The van der Waals surface area contributed by atoms with Gasteiger partial charge in [-0.2, -0.15) is 0 Å². The van der Waals surface area contributed by atoms with Crippen molar-refractivity contribution in [2.24, 2.45) is 0 Å². The molecule has 2 nitrogen and oxygen atoms in total. The Labute approximate surface area is 172 Å². The number of aryl methyl sites for hydroxylation is 3. The molecule has 0 radical (unpaired) electrons. The summed E-state index contributed by atoms with van der Waals surface area (Å²) in [5, 5.41) is 19.9. The van der Waals surface area contributed by atoms with Gasteiger partial charge in [0.15, 0.2) is 0 Å². The second-order valence-corrected chi connectivity index (χ2v) is 8.68. The van der Waals surface area contributed by atoms with Gasteiger partial charge in [0.05, 0.1) is 12.2 Å². The quantitative estimate of drug-likeness (QED) is 0.491. The molecule has 148 valence electrons. The van der Waals surface area contributed by atoms with E-state index < -0.39 is 5.60 Å². The van der Waals surface area contributed by atoms with Crippen LogP contribution in [0.5, 0.6) is 0 Å². The lowest BCUT2D eigenvalue weighted by Gasteiger charge is -2.26. The van der Waals surface area contributed by atoms with Crippen LogP contribution in [0.4, 0.5) is 0 Å². The van der Waals surface area contributed by atoms with Gasteiger partial charge in [-0.25, -0.2) is 0 Å². The standard InChI is InChI=1S/C25H30O2S/c1-4-25(27,5-2)21-11-14-23(18(3)16-21)24-15-13-22(28-24)12-10-19-6-8-20(17-26)9-7-19/h6-9,11,13-16,26-27H,4-5,10,12,17H2,1-3H3. The van der Waals surface area contributed by atoms with Crippen LogP contribution in [0.15, 0.2) is 54.6 Å². The number of aliphatic hydroxyl groups is 2. The normalized spacial score (nSPS) is 11.8. The van der Waals surface area contributed by atoms with Crippen LogP contribution in [0.1, 0.15) is 53.8 Å². The minimum atomic E-state index is -0.727. The molecule has 0 atom stereocenters. The molecule has 0 fully saturated rings. The second-order valence-electron chi connectivity index (χ2n) is 7.51. The van der Waals surface area contributed by atoms with Gasteiger partial charge in [-0.3, -0.25) is 0 Å². The number of aliphatic hydroxyl groups excluding tert-OH is 1. The molecule has 0 bridgehead atoms. The maximum absolute atomic E-state index is 10.8. The highest BCUT2D eigenvalue weighted by Crippen LogP contribution is 2.35. The van der Waals surface area contributed by atoms with Crippen molar-refractivity contribution in [3.05, 3.63) is 81.7 Å². The smallest absolute Gasteiger partial charge is 0.0891 e. The highest BCUT2D eigenvalue weighted by molar-refractivity contribution is 7.15. The molecule has 1 heterocycles. The van der Waals surface area contributed by atoms with Crippen molar-refractivity contribution >= 4 is 11.3 Å². The SMILES string of the molecule is CCC(O)(CC)c1ccc(-c2ccc(CCc3ccc(CO)cc3)s2)c(C)c1. The third kappa shape index (κ3) is 4.54. The van der Waals surface area contributed by atoms with E-state index >= 15 is 0 Å². The zero-order valence-electron chi connectivity index (χ0n) is 17.0. The van der Waals surface area contributed by atoms with Gasteiger partial charge in [-0.1, -0.05) is 56.3 Å². The highest BCUT2D eigenvalue weighted by atomic mass is 32.1. The number of hydrogen-bond acceptors (Lipinski definition) is 3. The fourth-order valence-electron chi connectivity index (χ4n) is 3.62. The summed E-state index contributed by atoms with van der Waals surface area (Å²) in [5.41, 5.74) is 5.01. The number of hydrogen-bond donors (Lipinski definition) is 2. The summed E-state index contributed by atoms with van der Waals surface area (Å²) in [7, 11) is 0. The molecule has 0 saturated heterocycles. The van der Waals surface area contributed by atoms with Crippen molar-refractivity contribution in [2.45, 2.75) is 58.7 Å². The van der Waals surface area contributed by atoms with Gasteiger partial charge in [0.1, 0.15) is 0 Å². The highest BCUT2D eigenvalue weighted by Gasteiger charge is 2.25. The number of benzene rings is 2. The Balaban J connectivity index is 1.72. The Kier molecular flexibility index (Phi) is 6.71. The summed E-state index contributed by atoms with van der Waals surface area (Å²) in [6.45, 7) is 6.30. The van der Waals surface area contributed by atoms with Crippen molar-refractivity contribution in [2.75, 3.05) is 0 Å². The topological polar surface area (TPSA) is 40.5 Å². The molecule has 0 spiro atoms. The van der Waals surface area contributed by atoms with Gasteiger partial charge in [0.2, 0.25) is 0 Å². The van der Waals surface area contributed by atoms with Crippen LogP contribution in [0.2, 0.25) is 0 Å². The largest absolute Gasteiger partial charge is 0.392 e. The molecule has 0 aliphatic rings. The lowest BCUT2D eigenvalue weighted by atomic mass is 9.87. The molecular weight excluding hydrogens is 364 g/mol. The first-order chi connectivity index (χ1) is 13.5. The summed E-state index contributed by atoms with van der Waals surface area (Å²) in [5.74, 6) is 0. The monoisotopic (exact) mass is 394 g/mol. The third-order valence-electron chi connectivity index (χ3n) is 5.73. The Morgan fingerprint density at radius 1 is 0.857 bits per heavy atom. The molecule has 0 aliphatic carbocycles. The van der Waals surface area contributed by atoms with Crippen molar-refractivity contribution in [1.29, 1.82) is 0 Å². The summed E-state index contributed by atoms with van der Waals surface area (Å²) in [4.78, 5) is 2.66. The third-order valence-corrected chi connectivity index (χ3v) is 6.90. The van der Waals surface area contributed by atoms with E-state index in [1.807, 2.05) is 37.3 Å². The fourth-order valence-corrected chi connectivity index (χ4v) is 4.72. The van der Waals surface area contributed by atoms with Crippen molar-refractivity contribution in [3.8, 4) is 10.4 Å². The van der Waals surface area contributed by atoms with E-state index in [-0.39, 0.29) is 6.61 Å². The van der Waals surface area contributed by atoms with Gasteiger partial charge < -0.3 is 10.2 Å². The van der Waals surface area contributed by atoms with E-state index in [0.29, 0.717) is 0 Å². The van der Waals surface area contributed by atoms with Gasteiger partial charge in [-0.05, 0) is 72.6 Å². The van der Waals surface area contributed by atoms with E-state index in [2.05, 4.69) is 49.4 Å². The van der Waals surface area contributed by atoms with E-state index in [4.69, 9.17) is 5.11 Å². The van der Waals surface area contributed by atoms with E-state index in [1.165, 1.54) is 26.4 Å². The zero-order chi connectivity index (χ0) is 20.1. The number of thiophene rings is 1. The average Bonchev–Trinajstić information content (AvgIpc) is 3.20. The molecule has 3 heteroatoms. The van der Waals surface area contributed by atoms with Crippen LogP contribution >= 0.6 is 11.3 Å². The molecule has 1 aromatic heterocycles. The van der Waals surface area contributed by atoms with E-state index in [1.54, 1.807) is 0 Å². The molecule has 0 aliphatic heterocycles. The minimum absolute atomic E-state index is 0.0978. The molecule has 3 rings (SSSR count). The molecule has 3 aromatic rings. The zero-order valence-corrected chi connectivity index (χ0v) is 17.9. The Hall–Kier alpha value is -1.94. The predicted molar refractivity (Wildman–Crippen MR) is 119 cm³/mol. The minimum Gasteiger partial charge on any atom is -0.392 e. The van der Waals surface area contributed by atoms with Gasteiger partial charge in [0.25, 0.3) is 0 Å². The van der Waals surface area contributed by atoms with Crippen LogP contribution < -0.4 is 0 Å².